The van der Waals surface area contributed by atoms with E-state index in [1.54, 1.807) is 37.3 Å². The number of nitrogens with one attached hydrogen (secondary N) is 1. The summed E-state index contributed by atoms with van der Waals surface area (Å²) in [5.74, 6) is 1.19. The normalized spacial score (nSPS) is 17.6. The van der Waals surface area contributed by atoms with Gasteiger partial charge in [-0.15, -0.1) is 0 Å². The van der Waals surface area contributed by atoms with Gasteiger partial charge in [-0.25, -0.2) is 0 Å². The second kappa shape index (κ2) is 13.0. The fourth-order valence-corrected chi connectivity index (χ4v) is 4.18. The molecule has 37 heavy (non-hydrogen) atoms. The van der Waals surface area contributed by atoms with Crippen LogP contribution in [0.4, 0.5) is 13.2 Å². The van der Waals surface area contributed by atoms with Crippen molar-refractivity contribution in [3.8, 4) is 17.2 Å². The van der Waals surface area contributed by atoms with E-state index in [-0.39, 0.29) is 24.0 Å². The number of nitrogens with zero attached hydrogens (tertiary/aromatic N) is 1. The van der Waals surface area contributed by atoms with Crippen molar-refractivity contribution in [3.05, 3.63) is 53.6 Å². The van der Waals surface area contributed by atoms with Gasteiger partial charge in [0.25, 0.3) is 5.91 Å². The Labute approximate surface area is 215 Å². The highest BCUT2D eigenvalue weighted by Gasteiger charge is 2.34. The molecule has 10 heteroatoms. The van der Waals surface area contributed by atoms with Crippen molar-refractivity contribution in [3.63, 3.8) is 0 Å². The topological polar surface area (TPSA) is 69.3 Å². The van der Waals surface area contributed by atoms with Gasteiger partial charge < -0.3 is 29.2 Å². The van der Waals surface area contributed by atoms with Crippen molar-refractivity contribution in [1.82, 2.24) is 10.2 Å². The molecule has 7 nitrogen and oxygen atoms in total. The van der Waals surface area contributed by atoms with Gasteiger partial charge >= 0.3 is 6.18 Å². The molecule has 0 spiro atoms. The summed E-state index contributed by atoms with van der Waals surface area (Å²) in [5.41, 5.74) is -0.249. The van der Waals surface area contributed by atoms with Crippen LogP contribution in [0.5, 0.6) is 17.2 Å². The Balaban J connectivity index is 1.70. The van der Waals surface area contributed by atoms with E-state index in [4.69, 9.17) is 18.9 Å². The summed E-state index contributed by atoms with van der Waals surface area (Å²) in [6, 6.07) is 9.70. The summed E-state index contributed by atoms with van der Waals surface area (Å²) in [6.45, 7) is 6.45. The molecule has 2 atom stereocenters. The van der Waals surface area contributed by atoms with E-state index >= 15 is 0 Å². The summed E-state index contributed by atoms with van der Waals surface area (Å²) in [4.78, 5) is 15.3. The molecule has 0 aromatic heterocycles. The zero-order valence-corrected chi connectivity index (χ0v) is 21.6. The lowest BCUT2D eigenvalue weighted by atomic mass is 10.0. The summed E-state index contributed by atoms with van der Waals surface area (Å²) < 4.78 is 60.9. The minimum absolute atomic E-state index is 0.0448. The standard InChI is InChI=1S/C27H35F3N2O5/c1-18(2)32(26(33)19-6-11-23(35-4)24(14-19)36-13-5-12-34-3)17-20-15-31-16-25(20)37-22-9-7-21(8-10-22)27(28,29)30/h6-11,14,18,20,25,31H,5,12-13,15-17H2,1-4H3/t20-,25+/m0/s1. The number of halogens is 3. The zero-order valence-electron chi connectivity index (χ0n) is 21.6. The molecule has 1 aliphatic heterocycles. The lowest BCUT2D eigenvalue weighted by molar-refractivity contribution is -0.137. The van der Waals surface area contributed by atoms with Gasteiger partial charge in [-0.05, 0) is 56.3 Å². The predicted molar refractivity (Wildman–Crippen MR) is 133 cm³/mol. The quantitative estimate of drug-likeness (QED) is 0.408. The maximum absolute atomic E-state index is 13.5. The monoisotopic (exact) mass is 524 g/mol. The molecule has 1 amide bonds. The van der Waals surface area contributed by atoms with E-state index in [1.165, 1.54) is 12.1 Å². The van der Waals surface area contributed by atoms with Gasteiger partial charge in [-0.2, -0.15) is 13.2 Å². The van der Waals surface area contributed by atoms with Crippen molar-refractivity contribution < 1.29 is 36.9 Å². The number of hydrogen-bond donors (Lipinski definition) is 1. The molecule has 0 aliphatic carbocycles. The number of benzene rings is 2. The molecule has 0 unspecified atom stereocenters. The molecule has 0 radical (unpaired) electrons. The first-order chi connectivity index (χ1) is 17.6. The Kier molecular flexibility index (Phi) is 10.0. The number of hydrogen-bond acceptors (Lipinski definition) is 6. The van der Waals surface area contributed by atoms with Crippen LogP contribution in [0, 0.1) is 5.92 Å². The minimum Gasteiger partial charge on any atom is -0.493 e. The Morgan fingerprint density at radius 3 is 2.41 bits per heavy atom. The lowest BCUT2D eigenvalue weighted by Crippen LogP contribution is -2.44. The van der Waals surface area contributed by atoms with Crippen LogP contribution in [0.2, 0.25) is 0 Å². The van der Waals surface area contributed by atoms with Crippen LogP contribution in [0.1, 0.15) is 36.2 Å². The second-order valence-electron chi connectivity index (χ2n) is 9.21. The molecular weight excluding hydrogens is 489 g/mol. The van der Waals surface area contributed by atoms with Crippen LogP contribution < -0.4 is 19.5 Å². The number of alkyl halides is 3. The fourth-order valence-electron chi connectivity index (χ4n) is 4.18. The zero-order chi connectivity index (χ0) is 27.0. The van der Waals surface area contributed by atoms with Gasteiger partial charge in [0.1, 0.15) is 11.9 Å². The van der Waals surface area contributed by atoms with Crippen LogP contribution in [0.3, 0.4) is 0 Å². The summed E-state index contributed by atoms with van der Waals surface area (Å²) in [7, 11) is 3.17. The first kappa shape index (κ1) is 28.6. The molecule has 1 N–H and O–H groups in total. The van der Waals surface area contributed by atoms with E-state index in [2.05, 4.69) is 5.32 Å². The molecule has 204 valence electrons. The molecule has 2 aromatic rings. The van der Waals surface area contributed by atoms with Gasteiger partial charge in [-0.1, -0.05) is 0 Å². The van der Waals surface area contributed by atoms with E-state index in [0.717, 1.165) is 12.1 Å². The fraction of sp³-hybridized carbons (Fsp3) is 0.519. The summed E-state index contributed by atoms with van der Waals surface area (Å²) in [6.07, 6.45) is -3.99. The largest absolute Gasteiger partial charge is 0.493 e. The summed E-state index contributed by atoms with van der Waals surface area (Å²) in [5, 5.41) is 3.27. The Hall–Kier alpha value is -2.98. The third-order valence-corrected chi connectivity index (χ3v) is 6.22. The minimum atomic E-state index is -4.40. The maximum Gasteiger partial charge on any atom is 0.416 e. The van der Waals surface area contributed by atoms with Gasteiger partial charge in [0.15, 0.2) is 11.5 Å². The van der Waals surface area contributed by atoms with Gasteiger partial charge in [0.2, 0.25) is 0 Å². The Bertz CT molecular complexity index is 1010. The number of methoxy groups -OCH3 is 2. The van der Waals surface area contributed by atoms with Gasteiger partial charge in [0.05, 0.1) is 19.3 Å². The van der Waals surface area contributed by atoms with E-state index in [0.29, 0.717) is 62.1 Å². The van der Waals surface area contributed by atoms with Crippen molar-refractivity contribution in [2.45, 2.75) is 38.6 Å². The SMILES string of the molecule is COCCCOc1cc(C(=O)N(C[C@@H]2CNC[C@H]2Oc2ccc(C(F)(F)F)cc2)C(C)C)ccc1OC. The molecule has 1 saturated heterocycles. The van der Waals surface area contributed by atoms with Crippen molar-refractivity contribution in [2.24, 2.45) is 5.92 Å². The highest BCUT2D eigenvalue weighted by Crippen LogP contribution is 2.32. The molecule has 1 heterocycles. The molecule has 1 aliphatic rings. The van der Waals surface area contributed by atoms with Crippen LogP contribution in [-0.2, 0) is 10.9 Å². The third-order valence-electron chi connectivity index (χ3n) is 6.22. The Morgan fingerprint density at radius 1 is 1.05 bits per heavy atom. The average molecular weight is 525 g/mol. The van der Waals surface area contributed by atoms with E-state index in [9.17, 15) is 18.0 Å². The Morgan fingerprint density at radius 2 is 1.78 bits per heavy atom. The predicted octanol–water partition coefficient (Wildman–Crippen LogP) is 4.65. The van der Waals surface area contributed by atoms with Crippen LogP contribution in [0.25, 0.3) is 0 Å². The van der Waals surface area contributed by atoms with Crippen molar-refractivity contribution >= 4 is 5.91 Å². The van der Waals surface area contributed by atoms with Crippen molar-refractivity contribution in [1.29, 1.82) is 0 Å². The molecule has 0 saturated carbocycles. The smallest absolute Gasteiger partial charge is 0.416 e. The van der Waals surface area contributed by atoms with Gasteiger partial charge in [0, 0.05) is 57.3 Å². The highest BCUT2D eigenvalue weighted by molar-refractivity contribution is 5.95. The first-order valence-corrected chi connectivity index (χ1v) is 12.3. The maximum atomic E-state index is 13.5. The first-order valence-electron chi connectivity index (χ1n) is 12.3. The van der Waals surface area contributed by atoms with Crippen LogP contribution >= 0.6 is 0 Å². The third kappa shape index (κ3) is 7.75. The molecule has 2 aromatic carbocycles. The van der Waals surface area contributed by atoms with Crippen LogP contribution in [-0.4, -0.2) is 70.0 Å². The van der Waals surface area contributed by atoms with Crippen molar-refractivity contribution in [2.75, 3.05) is 47.1 Å². The van der Waals surface area contributed by atoms with Gasteiger partial charge in [-0.3, -0.25) is 4.79 Å². The number of carbonyl (C=O) groups is 1. The van der Waals surface area contributed by atoms with E-state index in [1.807, 2.05) is 13.8 Å². The second-order valence-corrected chi connectivity index (χ2v) is 9.21. The summed E-state index contributed by atoms with van der Waals surface area (Å²) >= 11 is 0. The number of ether oxygens (including phenoxy) is 4. The van der Waals surface area contributed by atoms with E-state index < -0.39 is 11.7 Å². The molecule has 1 fully saturated rings. The molecule has 0 bridgehead atoms. The number of carbonyl (C=O) groups excluding carboxylic acids is 1. The lowest BCUT2D eigenvalue weighted by Gasteiger charge is -2.31. The number of rotatable bonds is 12. The highest BCUT2D eigenvalue weighted by atomic mass is 19.4. The molecular formula is C27H35F3N2O5. The van der Waals surface area contributed by atoms with Crippen LogP contribution in [0.15, 0.2) is 42.5 Å². The average Bonchev–Trinajstić information content (AvgIpc) is 3.30. The number of amides is 1. The molecule has 3 rings (SSSR count).